The van der Waals surface area contributed by atoms with Gasteiger partial charge in [0.05, 0.1) is 6.10 Å². The molecule has 1 heterocycles. The highest BCUT2D eigenvalue weighted by Crippen LogP contribution is 2.52. The third-order valence-electron chi connectivity index (χ3n) is 1.87. The quantitative estimate of drug-likeness (QED) is 0.266. The summed E-state index contributed by atoms with van der Waals surface area (Å²) in [5, 5.41) is 10.6. The van der Waals surface area contributed by atoms with Crippen LogP contribution in [0.15, 0.2) is 0 Å². The van der Waals surface area contributed by atoms with Crippen molar-refractivity contribution in [3.05, 3.63) is 0 Å². The van der Waals surface area contributed by atoms with Crippen LogP contribution >= 0.6 is 20.2 Å². The van der Waals surface area contributed by atoms with Crippen LogP contribution in [0.2, 0.25) is 0 Å². The van der Waals surface area contributed by atoms with Crippen LogP contribution < -0.4 is 5.32 Å². The molecule has 0 saturated carbocycles. The molecule has 0 spiro atoms. The number of amides is 1. The molecule has 0 bridgehead atoms. The number of carbonyl (C=O) groups is 2. The summed E-state index contributed by atoms with van der Waals surface area (Å²) >= 11 is 3.73. The Morgan fingerprint density at radius 2 is 1.94 bits per heavy atom. The minimum Gasteiger partial charge on any atom is -0.480 e. The predicted octanol–water partition coefficient (Wildman–Crippen LogP) is -0.586. The van der Waals surface area contributed by atoms with E-state index < -0.39 is 25.5 Å². The molecule has 0 radical (unpaired) electrons. The van der Waals surface area contributed by atoms with E-state index in [4.69, 9.17) is 14.9 Å². The van der Waals surface area contributed by atoms with Crippen molar-refractivity contribution < 1.29 is 33.8 Å². The van der Waals surface area contributed by atoms with Gasteiger partial charge in [0.25, 0.3) is 0 Å². The standard InChI is InChI=1S/C5H9NO3S.C3H7O4P/c1-3(7)6-4(2-10)5(8)9;1-2-3(7-2)8(4,5)6/h4,10H,2H2,1H3,(H,6,7)(H,8,9);2-3H,1H3,(H2,4,5,6)/t4-;2-,3+/m00/s1. The molecule has 0 aromatic rings. The van der Waals surface area contributed by atoms with Crippen LogP contribution in [0.4, 0.5) is 0 Å². The number of rotatable bonds is 4. The van der Waals surface area contributed by atoms with Gasteiger partial charge in [-0.3, -0.25) is 9.36 Å². The van der Waals surface area contributed by atoms with Crippen molar-refractivity contribution in [2.24, 2.45) is 0 Å². The van der Waals surface area contributed by atoms with Gasteiger partial charge in [-0.15, -0.1) is 0 Å². The maximum Gasteiger partial charge on any atom is 0.356 e. The van der Waals surface area contributed by atoms with Crippen molar-refractivity contribution >= 4 is 32.1 Å². The fourth-order valence-electron chi connectivity index (χ4n) is 0.958. The molecular weight excluding hydrogens is 285 g/mol. The molecule has 1 rings (SSSR count). The Labute approximate surface area is 109 Å². The molecule has 10 heteroatoms. The fourth-order valence-corrected chi connectivity index (χ4v) is 2.10. The Balaban J connectivity index is 0.000000327. The minimum atomic E-state index is -3.90. The van der Waals surface area contributed by atoms with Crippen molar-refractivity contribution in [1.29, 1.82) is 0 Å². The van der Waals surface area contributed by atoms with Crippen LogP contribution in [0.5, 0.6) is 0 Å². The van der Waals surface area contributed by atoms with Crippen LogP contribution in [-0.4, -0.2) is 50.5 Å². The summed E-state index contributed by atoms with van der Waals surface area (Å²) in [7, 11) is -3.90. The van der Waals surface area contributed by atoms with Gasteiger partial charge in [0.2, 0.25) is 5.91 Å². The maximum absolute atomic E-state index is 10.3. The molecule has 18 heavy (non-hydrogen) atoms. The third-order valence-corrected chi connectivity index (χ3v) is 3.44. The molecule has 8 nitrogen and oxygen atoms in total. The maximum atomic E-state index is 10.3. The number of carbonyl (C=O) groups excluding carboxylic acids is 1. The topological polar surface area (TPSA) is 136 Å². The number of hydrogen-bond acceptors (Lipinski definition) is 5. The number of carboxylic acid groups (broad SMARTS) is 1. The van der Waals surface area contributed by atoms with Gasteiger partial charge in [0.15, 0.2) is 5.85 Å². The summed E-state index contributed by atoms with van der Waals surface area (Å²) in [5.74, 6) is -2.14. The summed E-state index contributed by atoms with van der Waals surface area (Å²) in [5.41, 5.74) is 0. The molecule has 0 unspecified atom stereocenters. The smallest absolute Gasteiger partial charge is 0.356 e. The van der Waals surface area contributed by atoms with Crippen molar-refractivity contribution in [2.45, 2.75) is 31.8 Å². The van der Waals surface area contributed by atoms with Crippen LogP contribution in [0.1, 0.15) is 13.8 Å². The van der Waals surface area contributed by atoms with Gasteiger partial charge in [-0.05, 0) is 6.92 Å². The SMILES string of the molecule is CC(=O)N[C@@H](CS)C(=O)O.C[C@@H]1O[C@@H]1P(=O)(O)O. The van der Waals surface area contributed by atoms with E-state index in [0.717, 1.165) is 0 Å². The lowest BCUT2D eigenvalue weighted by atomic mass is 10.3. The van der Waals surface area contributed by atoms with E-state index in [1.165, 1.54) is 6.92 Å². The summed E-state index contributed by atoms with van der Waals surface area (Å²) in [6.07, 6.45) is -0.254. The zero-order valence-electron chi connectivity index (χ0n) is 9.81. The number of hydrogen-bond donors (Lipinski definition) is 5. The third kappa shape index (κ3) is 6.97. The first-order valence-electron chi connectivity index (χ1n) is 4.91. The summed E-state index contributed by atoms with van der Waals surface area (Å²) in [4.78, 5) is 37.1. The average Bonchev–Trinajstić information content (AvgIpc) is 2.92. The first-order valence-corrected chi connectivity index (χ1v) is 7.22. The first-order chi connectivity index (χ1) is 8.09. The van der Waals surface area contributed by atoms with E-state index in [9.17, 15) is 14.2 Å². The van der Waals surface area contributed by atoms with Gasteiger partial charge >= 0.3 is 13.6 Å². The molecule has 0 aromatic heterocycles. The second-order valence-corrected chi connectivity index (χ2v) is 5.65. The highest BCUT2D eigenvalue weighted by atomic mass is 32.1. The van der Waals surface area contributed by atoms with Crippen molar-refractivity contribution in [1.82, 2.24) is 5.32 Å². The van der Waals surface area contributed by atoms with Crippen LogP contribution in [0.25, 0.3) is 0 Å². The van der Waals surface area contributed by atoms with E-state index in [2.05, 4.69) is 22.7 Å². The number of ether oxygens (including phenoxy) is 1. The molecule has 1 saturated heterocycles. The zero-order valence-corrected chi connectivity index (χ0v) is 11.6. The van der Waals surface area contributed by atoms with Gasteiger partial charge in [0.1, 0.15) is 6.04 Å². The summed E-state index contributed by atoms with van der Waals surface area (Å²) in [6.45, 7) is 2.89. The molecule has 1 aliphatic heterocycles. The van der Waals surface area contributed by atoms with Crippen molar-refractivity contribution in [3.63, 3.8) is 0 Å². The van der Waals surface area contributed by atoms with Crippen LogP contribution in [0.3, 0.4) is 0 Å². The normalized spacial score (nSPS) is 23.4. The number of nitrogens with one attached hydrogen (secondary N) is 1. The molecule has 1 aliphatic rings. The van der Waals surface area contributed by atoms with E-state index in [1.54, 1.807) is 6.92 Å². The molecule has 106 valence electrons. The highest BCUT2D eigenvalue weighted by Gasteiger charge is 2.48. The largest absolute Gasteiger partial charge is 0.480 e. The number of epoxide rings is 1. The van der Waals surface area contributed by atoms with E-state index in [-0.39, 0.29) is 17.8 Å². The van der Waals surface area contributed by atoms with Gasteiger partial charge in [-0.2, -0.15) is 12.6 Å². The Morgan fingerprint density at radius 3 is 2.00 bits per heavy atom. The Morgan fingerprint density at radius 1 is 1.50 bits per heavy atom. The predicted molar refractivity (Wildman–Crippen MR) is 65.5 cm³/mol. The van der Waals surface area contributed by atoms with Crippen LogP contribution in [-0.2, 0) is 18.9 Å². The monoisotopic (exact) mass is 301 g/mol. The lowest BCUT2D eigenvalue weighted by Gasteiger charge is -2.08. The Kier molecular flexibility index (Phi) is 6.87. The van der Waals surface area contributed by atoms with Gasteiger partial charge in [-0.1, -0.05) is 0 Å². The fraction of sp³-hybridized carbons (Fsp3) is 0.750. The second-order valence-electron chi connectivity index (χ2n) is 3.59. The second kappa shape index (κ2) is 7.10. The molecule has 1 fully saturated rings. The first kappa shape index (κ1) is 17.4. The molecule has 4 N–H and O–H groups in total. The number of thiol groups is 1. The lowest BCUT2D eigenvalue weighted by Crippen LogP contribution is -2.40. The van der Waals surface area contributed by atoms with E-state index >= 15 is 0 Å². The molecule has 0 aliphatic carbocycles. The Bertz CT molecular complexity index is 357. The van der Waals surface area contributed by atoms with Gasteiger partial charge in [0, 0.05) is 12.7 Å². The molecule has 1 amide bonds. The average molecular weight is 301 g/mol. The number of carboxylic acids is 1. The Hall–Kier alpha value is -0.600. The van der Waals surface area contributed by atoms with Crippen LogP contribution in [0, 0.1) is 0 Å². The van der Waals surface area contributed by atoms with Crippen molar-refractivity contribution in [2.75, 3.05) is 5.75 Å². The minimum absolute atomic E-state index is 0.106. The molecule has 3 atom stereocenters. The van der Waals surface area contributed by atoms with E-state index in [1.807, 2.05) is 0 Å². The van der Waals surface area contributed by atoms with Gasteiger partial charge < -0.3 is 24.9 Å². The van der Waals surface area contributed by atoms with E-state index in [0.29, 0.717) is 0 Å². The van der Waals surface area contributed by atoms with Gasteiger partial charge in [-0.25, -0.2) is 4.79 Å². The lowest BCUT2D eigenvalue weighted by molar-refractivity contribution is -0.140. The molecular formula is C8H16NO7PS. The summed E-state index contributed by atoms with van der Waals surface area (Å²) < 4.78 is 14.7. The zero-order chi connectivity index (χ0) is 14.5. The summed E-state index contributed by atoms with van der Waals surface area (Å²) in [6, 6.07) is -0.874. The number of aliphatic carboxylic acids is 1. The molecule has 0 aromatic carbocycles. The van der Waals surface area contributed by atoms with Crippen molar-refractivity contribution in [3.8, 4) is 0 Å². The highest BCUT2D eigenvalue weighted by molar-refractivity contribution is 7.80.